The van der Waals surface area contributed by atoms with Crippen LogP contribution in [-0.4, -0.2) is 34.6 Å². The highest BCUT2D eigenvalue weighted by Gasteiger charge is 2.49. The number of ether oxygens (including phenoxy) is 1. The normalized spacial score (nSPS) is 25.2. The maximum Gasteiger partial charge on any atom is 0.275 e. The molecule has 1 aliphatic heterocycles. The van der Waals surface area contributed by atoms with Crippen molar-refractivity contribution in [2.75, 3.05) is 11.5 Å². The van der Waals surface area contributed by atoms with E-state index in [1.807, 2.05) is 60.2 Å². The molecule has 3 aromatic rings. The molecule has 0 bridgehead atoms. The molecular weight excluding hydrogens is 434 g/mol. The predicted molar refractivity (Wildman–Crippen MR) is 132 cm³/mol. The first-order valence-corrected chi connectivity index (χ1v) is 12.8. The molecule has 1 aliphatic carbocycles. The van der Waals surface area contributed by atoms with Crippen LogP contribution in [0.25, 0.3) is 10.2 Å². The van der Waals surface area contributed by atoms with E-state index in [1.165, 1.54) is 6.42 Å². The average Bonchev–Trinajstić information content (AvgIpc) is 3.39. The van der Waals surface area contributed by atoms with Crippen LogP contribution in [0.3, 0.4) is 0 Å². The Bertz CT molecular complexity index is 1180. The van der Waals surface area contributed by atoms with E-state index in [0.29, 0.717) is 30.5 Å². The van der Waals surface area contributed by atoms with E-state index >= 15 is 0 Å². The van der Waals surface area contributed by atoms with Crippen LogP contribution >= 0.6 is 11.3 Å². The summed E-state index contributed by atoms with van der Waals surface area (Å²) >= 11 is 1.62. The third-order valence-corrected chi connectivity index (χ3v) is 8.08. The second-order valence-electron chi connectivity index (χ2n) is 9.47. The molecule has 5 rings (SSSR count). The van der Waals surface area contributed by atoms with Gasteiger partial charge in [-0.2, -0.15) is 0 Å². The zero-order chi connectivity index (χ0) is 23.2. The second kappa shape index (κ2) is 8.52. The van der Waals surface area contributed by atoms with E-state index in [-0.39, 0.29) is 17.9 Å². The Balaban J connectivity index is 1.56. The molecule has 0 spiro atoms. The molecule has 2 aromatic heterocycles. The first-order valence-electron chi connectivity index (χ1n) is 11.9. The van der Waals surface area contributed by atoms with Crippen LogP contribution in [0.5, 0.6) is 5.75 Å². The summed E-state index contributed by atoms with van der Waals surface area (Å²) < 4.78 is 8.67. The van der Waals surface area contributed by atoms with Crippen molar-refractivity contribution in [3.8, 4) is 5.75 Å². The number of thiophene rings is 1. The lowest BCUT2D eigenvalue weighted by Gasteiger charge is -2.45. The van der Waals surface area contributed by atoms with Gasteiger partial charge in [0.1, 0.15) is 17.0 Å². The number of carbonyl (C=O) groups excluding carboxylic acids is 2. The minimum Gasteiger partial charge on any atom is -0.494 e. The van der Waals surface area contributed by atoms with Crippen molar-refractivity contribution in [1.82, 2.24) is 9.88 Å². The van der Waals surface area contributed by atoms with Crippen molar-refractivity contribution >= 4 is 39.1 Å². The van der Waals surface area contributed by atoms with Crippen LogP contribution in [-0.2, 0) is 11.3 Å². The third kappa shape index (κ3) is 3.72. The number of benzene rings is 1. The lowest BCUT2D eigenvalue weighted by molar-refractivity contribution is -0.127. The number of hydrogen-bond acceptors (Lipinski definition) is 4. The molecule has 174 valence electrons. The van der Waals surface area contributed by atoms with E-state index in [2.05, 4.69) is 12.2 Å². The molecule has 2 amide bonds. The van der Waals surface area contributed by atoms with Crippen LogP contribution in [0.2, 0.25) is 0 Å². The van der Waals surface area contributed by atoms with E-state index in [0.717, 1.165) is 35.2 Å². The van der Waals surface area contributed by atoms with Crippen molar-refractivity contribution in [2.45, 2.75) is 64.6 Å². The van der Waals surface area contributed by atoms with Gasteiger partial charge in [-0.1, -0.05) is 19.8 Å². The molecule has 6 nitrogen and oxygen atoms in total. The standard InChI is InChI=1S/C26H31N3O3S/c1-4-32-19-11-9-18(10-12-19)29-24(30)22-15-23-21(13-14-33-23)28(22)16-26(29,3)25(31)27-20-8-6-5-7-17(20)2/h9-15,17,20H,4-8,16H2,1-3H3,(H,27,31). The predicted octanol–water partition coefficient (Wildman–Crippen LogP) is 5.22. The molecule has 3 atom stereocenters. The van der Waals surface area contributed by atoms with Crippen LogP contribution in [0.4, 0.5) is 5.69 Å². The fourth-order valence-corrected chi connectivity index (χ4v) is 6.15. The Morgan fingerprint density at radius 2 is 1.97 bits per heavy atom. The first kappa shape index (κ1) is 22.0. The highest BCUT2D eigenvalue weighted by Crippen LogP contribution is 2.38. The topological polar surface area (TPSA) is 63.6 Å². The van der Waals surface area contributed by atoms with Crippen molar-refractivity contribution in [3.05, 3.63) is 47.5 Å². The summed E-state index contributed by atoms with van der Waals surface area (Å²) in [6.07, 6.45) is 4.46. The van der Waals surface area contributed by atoms with Crippen molar-refractivity contribution in [2.24, 2.45) is 5.92 Å². The molecule has 1 fully saturated rings. The van der Waals surface area contributed by atoms with Crippen molar-refractivity contribution < 1.29 is 14.3 Å². The molecule has 1 aromatic carbocycles. The SMILES string of the molecule is CCOc1ccc(N2C(=O)c3cc4sccc4n3CC2(C)C(=O)NC2CCCCC2C)cc1. The molecule has 1 N–H and O–H groups in total. The number of nitrogens with zero attached hydrogens (tertiary/aromatic N) is 2. The Morgan fingerprint density at radius 3 is 2.70 bits per heavy atom. The lowest BCUT2D eigenvalue weighted by Crippen LogP contribution is -2.65. The first-order chi connectivity index (χ1) is 15.9. The van der Waals surface area contributed by atoms with Gasteiger partial charge in [0.25, 0.3) is 5.91 Å². The number of anilines is 1. The van der Waals surface area contributed by atoms with Gasteiger partial charge in [0.2, 0.25) is 5.91 Å². The third-order valence-electron chi connectivity index (χ3n) is 7.23. The molecule has 7 heteroatoms. The van der Waals surface area contributed by atoms with Gasteiger partial charge < -0.3 is 14.6 Å². The summed E-state index contributed by atoms with van der Waals surface area (Å²) in [5.41, 5.74) is 1.29. The Hall–Kier alpha value is -2.80. The summed E-state index contributed by atoms with van der Waals surface area (Å²) in [6.45, 7) is 7.03. The van der Waals surface area contributed by atoms with Gasteiger partial charge in [-0.25, -0.2) is 0 Å². The maximum atomic E-state index is 13.9. The number of aromatic nitrogens is 1. The summed E-state index contributed by atoms with van der Waals surface area (Å²) in [6, 6.07) is 11.6. The van der Waals surface area contributed by atoms with E-state index in [1.54, 1.807) is 16.2 Å². The minimum absolute atomic E-state index is 0.0915. The number of carbonyl (C=O) groups is 2. The molecule has 0 radical (unpaired) electrons. The number of rotatable bonds is 5. The van der Waals surface area contributed by atoms with Gasteiger partial charge in [0, 0.05) is 11.7 Å². The van der Waals surface area contributed by atoms with E-state index < -0.39 is 5.54 Å². The van der Waals surface area contributed by atoms with Gasteiger partial charge in [-0.15, -0.1) is 11.3 Å². The van der Waals surface area contributed by atoms with Gasteiger partial charge >= 0.3 is 0 Å². The van der Waals surface area contributed by atoms with Crippen LogP contribution in [0.15, 0.2) is 41.8 Å². The average molecular weight is 466 g/mol. The molecule has 33 heavy (non-hydrogen) atoms. The van der Waals surface area contributed by atoms with Crippen LogP contribution in [0, 0.1) is 5.92 Å². The maximum absolute atomic E-state index is 13.9. The fourth-order valence-electron chi connectivity index (χ4n) is 5.33. The summed E-state index contributed by atoms with van der Waals surface area (Å²) in [5.74, 6) is 0.946. The number of fused-ring (bicyclic) bond motifs is 3. The van der Waals surface area contributed by atoms with Crippen molar-refractivity contribution in [3.63, 3.8) is 0 Å². The summed E-state index contributed by atoms with van der Waals surface area (Å²) in [5, 5.41) is 5.36. The summed E-state index contributed by atoms with van der Waals surface area (Å²) in [7, 11) is 0. The van der Waals surface area contributed by atoms with Gasteiger partial charge in [-0.3, -0.25) is 14.5 Å². The highest BCUT2D eigenvalue weighted by atomic mass is 32.1. The minimum atomic E-state index is -1.05. The van der Waals surface area contributed by atoms with E-state index in [4.69, 9.17) is 4.74 Å². The molecule has 0 saturated heterocycles. The van der Waals surface area contributed by atoms with Crippen molar-refractivity contribution in [1.29, 1.82) is 0 Å². The number of amides is 2. The van der Waals surface area contributed by atoms with Gasteiger partial charge in [-0.05, 0) is 74.4 Å². The number of nitrogens with one attached hydrogen (secondary N) is 1. The molecular formula is C26H31N3O3S. The molecule has 3 heterocycles. The number of hydrogen-bond donors (Lipinski definition) is 1. The zero-order valence-electron chi connectivity index (χ0n) is 19.5. The molecule has 3 unspecified atom stereocenters. The molecule has 2 aliphatic rings. The molecule has 1 saturated carbocycles. The van der Waals surface area contributed by atoms with Crippen LogP contribution in [0.1, 0.15) is 56.9 Å². The Kier molecular flexibility index (Phi) is 5.69. The monoisotopic (exact) mass is 465 g/mol. The van der Waals surface area contributed by atoms with Gasteiger partial charge in [0.05, 0.1) is 23.4 Å². The summed E-state index contributed by atoms with van der Waals surface area (Å²) in [4.78, 5) is 29.5. The Morgan fingerprint density at radius 1 is 1.21 bits per heavy atom. The fraction of sp³-hybridized carbons (Fsp3) is 0.462. The Labute approximate surface area is 198 Å². The van der Waals surface area contributed by atoms with Crippen LogP contribution < -0.4 is 15.0 Å². The highest BCUT2D eigenvalue weighted by molar-refractivity contribution is 7.17. The second-order valence-corrected chi connectivity index (χ2v) is 10.4. The lowest BCUT2D eigenvalue weighted by atomic mass is 9.85. The largest absolute Gasteiger partial charge is 0.494 e. The van der Waals surface area contributed by atoms with E-state index in [9.17, 15) is 9.59 Å². The smallest absolute Gasteiger partial charge is 0.275 e. The van der Waals surface area contributed by atoms with Gasteiger partial charge in [0.15, 0.2) is 0 Å². The zero-order valence-corrected chi connectivity index (χ0v) is 20.3. The quantitative estimate of drug-likeness (QED) is 0.562.